The molecule has 0 unspecified atom stereocenters. The molecule has 2 aromatic rings. The fourth-order valence-corrected chi connectivity index (χ4v) is 2.91. The number of nitrogens with one attached hydrogen (secondary N) is 1. The number of hydrogen-bond acceptors (Lipinski definition) is 2. The van der Waals surface area contributed by atoms with Crippen molar-refractivity contribution in [2.75, 3.05) is 0 Å². The molecular formula is C18H23FN2O. The van der Waals surface area contributed by atoms with E-state index in [1.54, 1.807) is 18.2 Å². The van der Waals surface area contributed by atoms with Gasteiger partial charge in [-0.3, -0.25) is 4.79 Å². The first kappa shape index (κ1) is 16.4. The predicted octanol–water partition coefficient (Wildman–Crippen LogP) is 3.94. The summed E-state index contributed by atoms with van der Waals surface area (Å²) in [6.07, 6.45) is 3.99. The summed E-state index contributed by atoms with van der Waals surface area (Å²) in [5.74, 6) is -0.293. The van der Waals surface area contributed by atoms with Crippen molar-refractivity contribution < 1.29 is 4.39 Å². The molecule has 0 bridgehead atoms. The van der Waals surface area contributed by atoms with E-state index in [9.17, 15) is 9.18 Å². The highest BCUT2D eigenvalue weighted by Crippen LogP contribution is 2.36. The van der Waals surface area contributed by atoms with Crippen LogP contribution in [-0.4, -0.2) is 4.98 Å². The van der Waals surface area contributed by atoms with Crippen molar-refractivity contribution in [2.45, 2.75) is 45.1 Å². The van der Waals surface area contributed by atoms with Crippen LogP contribution >= 0.6 is 0 Å². The number of benzene rings is 1. The zero-order valence-corrected chi connectivity index (χ0v) is 13.2. The Morgan fingerprint density at radius 2 is 1.68 bits per heavy atom. The third-order valence-electron chi connectivity index (χ3n) is 4.07. The average Bonchev–Trinajstić information content (AvgIpc) is 2.98. The van der Waals surface area contributed by atoms with Crippen LogP contribution in [0.3, 0.4) is 0 Å². The summed E-state index contributed by atoms with van der Waals surface area (Å²) in [4.78, 5) is 14.7. The van der Waals surface area contributed by atoms with Crippen LogP contribution in [0.2, 0.25) is 0 Å². The minimum Gasteiger partial charge on any atom is -0.322 e. The second-order valence-corrected chi connectivity index (χ2v) is 5.52. The highest BCUT2D eigenvalue weighted by molar-refractivity contribution is 5.60. The smallest absolute Gasteiger partial charge is 0.248 e. The van der Waals surface area contributed by atoms with Crippen LogP contribution in [0, 0.1) is 5.82 Å². The first-order valence-corrected chi connectivity index (χ1v) is 7.86. The molecule has 1 aliphatic carbocycles. The Morgan fingerprint density at radius 3 is 2.27 bits per heavy atom. The summed E-state index contributed by atoms with van der Waals surface area (Å²) >= 11 is 0. The van der Waals surface area contributed by atoms with Gasteiger partial charge >= 0.3 is 0 Å². The van der Waals surface area contributed by atoms with E-state index in [0.29, 0.717) is 5.69 Å². The maximum absolute atomic E-state index is 13.0. The van der Waals surface area contributed by atoms with Crippen LogP contribution in [0.4, 0.5) is 4.39 Å². The van der Waals surface area contributed by atoms with Gasteiger partial charge in [-0.1, -0.05) is 26.7 Å². The lowest BCUT2D eigenvalue weighted by molar-refractivity contribution is 0.461. The van der Waals surface area contributed by atoms with E-state index < -0.39 is 5.54 Å². The van der Waals surface area contributed by atoms with Crippen LogP contribution in [0.15, 0.2) is 41.2 Å². The Morgan fingerprint density at radius 1 is 1.09 bits per heavy atom. The Bertz CT molecular complexity index is 670. The number of H-pyrrole nitrogens is 1. The van der Waals surface area contributed by atoms with E-state index >= 15 is 0 Å². The second kappa shape index (κ2) is 6.88. The summed E-state index contributed by atoms with van der Waals surface area (Å²) in [6.45, 7) is 4.00. The van der Waals surface area contributed by atoms with Crippen molar-refractivity contribution in [1.29, 1.82) is 0 Å². The first-order valence-electron chi connectivity index (χ1n) is 7.86. The number of nitrogens with two attached hydrogens (primary N) is 1. The quantitative estimate of drug-likeness (QED) is 0.883. The van der Waals surface area contributed by atoms with Gasteiger partial charge < -0.3 is 10.7 Å². The molecule has 1 aromatic heterocycles. The summed E-state index contributed by atoms with van der Waals surface area (Å²) in [5.41, 5.74) is 8.18. The van der Waals surface area contributed by atoms with E-state index in [-0.39, 0.29) is 11.4 Å². The molecule has 0 aliphatic heterocycles. The van der Waals surface area contributed by atoms with Crippen molar-refractivity contribution >= 4 is 0 Å². The number of aromatic nitrogens is 1. The molecule has 1 aromatic carbocycles. The van der Waals surface area contributed by atoms with Crippen molar-refractivity contribution in [3.63, 3.8) is 0 Å². The summed E-state index contributed by atoms with van der Waals surface area (Å²) < 4.78 is 13.0. The zero-order chi connectivity index (χ0) is 16.2. The molecular weight excluding hydrogens is 279 g/mol. The van der Waals surface area contributed by atoms with Gasteiger partial charge in [0.05, 0.1) is 0 Å². The van der Waals surface area contributed by atoms with Crippen molar-refractivity contribution in [1.82, 2.24) is 4.98 Å². The average molecular weight is 302 g/mol. The van der Waals surface area contributed by atoms with Crippen molar-refractivity contribution in [3.05, 3.63) is 58.1 Å². The molecule has 4 heteroatoms. The first-order chi connectivity index (χ1) is 10.6. The van der Waals surface area contributed by atoms with Gasteiger partial charge in [-0.25, -0.2) is 4.39 Å². The lowest BCUT2D eigenvalue weighted by atomic mass is 9.89. The molecule has 1 saturated carbocycles. The van der Waals surface area contributed by atoms with Gasteiger partial charge in [0, 0.05) is 17.3 Å². The maximum Gasteiger partial charge on any atom is 0.248 e. The lowest BCUT2D eigenvalue weighted by Crippen LogP contribution is -2.34. The number of aromatic amines is 1. The monoisotopic (exact) mass is 302 g/mol. The maximum atomic E-state index is 13.0. The third-order valence-corrected chi connectivity index (χ3v) is 4.07. The van der Waals surface area contributed by atoms with Gasteiger partial charge in [0.1, 0.15) is 5.82 Å². The van der Waals surface area contributed by atoms with Gasteiger partial charge in [-0.05, 0) is 54.3 Å². The highest BCUT2D eigenvalue weighted by atomic mass is 19.1. The van der Waals surface area contributed by atoms with Crippen molar-refractivity contribution in [3.8, 4) is 11.3 Å². The molecule has 118 valence electrons. The van der Waals surface area contributed by atoms with Crippen molar-refractivity contribution in [2.24, 2.45) is 5.73 Å². The van der Waals surface area contributed by atoms with Gasteiger partial charge in [-0.15, -0.1) is 0 Å². The van der Waals surface area contributed by atoms with Gasteiger partial charge in [-0.2, -0.15) is 0 Å². The Hall–Kier alpha value is -1.94. The van der Waals surface area contributed by atoms with Gasteiger partial charge in [0.2, 0.25) is 5.56 Å². The standard InChI is InChI=1S/C16H17FN2O.C2H6/c17-13-5-3-11(4-6-13)14-9-12(10-15(20)19-14)16(18)7-1-2-8-16;1-2/h3-6,9-10H,1-2,7-8,18H2,(H,19,20);1-2H3. The molecule has 3 nitrogen and oxygen atoms in total. The largest absolute Gasteiger partial charge is 0.322 e. The normalized spacial score (nSPS) is 16.0. The molecule has 3 N–H and O–H groups in total. The predicted molar refractivity (Wildman–Crippen MR) is 88.1 cm³/mol. The molecule has 0 spiro atoms. The SMILES string of the molecule is CC.NC1(c2cc(-c3ccc(F)cc3)[nH]c(=O)c2)CCCC1. The Kier molecular flexibility index (Phi) is 5.14. The molecule has 0 atom stereocenters. The number of hydrogen-bond donors (Lipinski definition) is 2. The van der Waals surface area contributed by atoms with Crippen LogP contribution in [-0.2, 0) is 5.54 Å². The molecule has 22 heavy (non-hydrogen) atoms. The summed E-state index contributed by atoms with van der Waals surface area (Å²) in [5, 5.41) is 0. The summed E-state index contributed by atoms with van der Waals surface area (Å²) in [7, 11) is 0. The molecule has 1 heterocycles. The second-order valence-electron chi connectivity index (χ2n) is 5.52. The van der Waals surface area contributed by atoms with E-state index in [2.05, 4.69) is 4.98 Å². The van der Waals surface area contributed by atoms with E-state index in [4.69, 9.17) is 5.73 Å². The van der Waals surface area contributed by atoms with E-state index in [0.717, 1.165) is 36.8 Å². The van der Waals surface area contributed by atoms with Crippen LogP contribution < -0.4 is 11.3 Å². The van der Waals surface area contributed by atoms with Gasteiger partial charge in [0.15, 0.2) is 0 Å². The molecule has 0 saturated heterocycles. The fraction of sp³-hybridized carbons (Fsp3) is 0.389. The molecule has 3 rings (SSSR count). The number of pyridine rings is 1. The molecule has 0 radical (unpaired) electrons. The fourth-order valence-electron chi connectivity index (χ4n) is 2.91. The topological polar surface area (TPSA) is 58.9 Å². The highest BCUT2D eigenvalue weighted by Gasteiger charge is 2.31. The van der Waals surface area contributed by atoms with E-state index in [1.165, 1.54) is 12.1 Å². The minimum absolute atomic E-state index is 0.168. The summed E-state index contributed by atoms with van der Waals surface area (Å²) in [6, 6.07) is 9.57. The van der Waals surface area contributed by atoms with E-state index in [1.807, 2.05) is 19.9 Å². The Balaban J connectivity index is 0.000000847. The van der Waals surface area contributed by atoms with Gasteiger partial charge in [0.25, 0.3) is 0 Å². The lowest BCUT2D eigenvalue weighted by Gasteiger charge is -2.24. The van der Waals surface area contributed by atoms with Crippen LogP contribution in [0.5, 0.6) is 0 Å². The molecule has 1 aliphatic rings. The zero-order valence-electron chi connectivity index (χ0n) is 13.2. The van der Waals surface area contributed by atoms with Crippen LogP contribution in [0.25, 0.3) is 11.3 Å². The number of halogens is 1. The van der Waals surface area contributed by atoms with Crippen LogP contribution in [0.1, 0.15) is 45.1 Å². The number of rotatable bonds is 2. The molecule has 1 fully saturated rings. The third kappa shape index (κ3) is 3.45. The Labute approximate surface area is 130 Å². The minimum atomic E-state index is -0.400. The molecule has 0 amide bonds.